The highest BCUT2D eigenvalue weighted by Gasteiger charge is 2.26. The first-order chi connectivity index (χ1) is 9.11. The largest absolute Gasteiger partial charge is 0.396 e. The van der Waals surface area contributed by atoms with Crippen molar-refractivity contribution in [3.8, 4) is 0 Å². The Bertz CT molecular complexity index is 325. The zero-order chi connectivity index (χ0) is 14.7. The molecule has 1 rings (SSSR count). The third-order valence-corrected chi connectivity index (χ3v) is 2.55. The first kappa shape index (κ1) is 17.4. The van der Waals surface area contributed by atoms with Crippen molar-refractivity contribution in [1.82, 2.24) is 0 Å². The van der Waals surface area contributed by atoms with Gasteiger partial charge in [-0.15, -0.1) is 0 Å². The van der Waals surface area contributed by atoms with E-state index >= 15 is 0 Å². The van der Waals surface area contributed by atoms with Gasteiger partial charge in [0.2, 0.25) is 0 Å². The Labute approximate surface area is 110 Å². The van der Waals surface area contributed by atoms with Gasteiger partial charge in [-0.05, 0) is 0 Å². The summed E-state index contributed by atoms with van der Waals surface area (Å²) in [5, 5.41) is 34.0. The van der Waals surface area contributed by atoms with Crippen molar-refractivity contribution in [2.45, 2.75) is 0 Å². The molecule has 6 nitrogen and oxygen atoms in total. The second-order valence-corrected chi connectivity index (χ2v) is 4.03. The van der Waals surface area contributed by atoms with Gasteiger partial charge < -0.3 is 20.4 Å². The van der Waals surface area contributed by atoms with Crippen LogP contribution in [0.2, 0.25) is 0 Å². The molecule has 0 bridgehead atoms. The van der Waals surface area contributed by atoms with E-state index in [4.69, 9.17) is 20.4 Å². The fourth-order valence-electron chi connectivity index (χ4n) is 0.953. The minimum Gasteiger partial charge on any atom is -0.396 e. The van der Waals surface area contributed by atoms with Crippen molar-refractivity contribution in [1.29, 1.82) is 0 Å². The number of hydrogen-bond acceptors (Lipinski definition) is 6. The molecule has 0 saturated carbocycles. The van der Waals surface area contributed by atoms with Crippen LogP contribution in [0.15, 0.2) is 24.3 Å². The van der Waals surface area contributed by atoms with Crippen LogP contribution in [-0.4, -0.2) is 59.4 Å². The first-order valence-electron chi connectivity index (χ1n) is 5.55. The van der Waals surface area contributed by atoms with Crippen LogP contribution in [0.25, 0.3) is 0 Å². The molecule has 6 heteroatoms. The van der Waals surface area contributed by atoms with Gasteiger partial charge in [0.05, 0.1) is 31.8 Å². The summed E-state index contributed by atoms with van der Waals surface area (Å²) in [6, 6.07) is 6.43. The quantitative estimate of drug-likeness (QED) is 0.506. The fraction of sp³-hybridized carbons (Fsp3) is 0.385. The van der Waals surface area contributed by atoms with Gasteiger partial charge in [-0.25, -0.2) is 0 Å². The number of hydrogen-bond donors (Lipinski definition) is 4. The Balaban J connectivity index is 0.000000344. The number of benzene rings is 1. The second-order valence-electron chi connectivity index (χ2n) is 4.03. The van der Waals surface area contributed by atoms with E-state index in [2.05, 4.69) is 0 Å². The fourth-order valence-corrected chi connectivity index (χ4v) is 0.953. The van der Waals surface area contributed by atoms with Crippen molar-refractivity contribution in [2.75, 3.05) is 26.4 Å². The smallest absolute Gasteiger partial charge is 0.150 e. The van der Waals surface area contributed by atoms with Gasteiger partial charge in [0.25, 0.3) is 0 Å². The summed E-state index contributed by atoms with van der Waals surface area (Å²) < 4.78 is 0. The Morgan fingerprint density at radius 2 is 1.00 bits per heavy atom. The molecule has 0 amide bonds. The summed E-state index contributed by atoms with van der Waals surface area (Å²) in [5.41, 5.74) is 0.0659. The summed E-state index contributed by atoms with van der Waals surface area (Å²) in [4.78, 5) is 20.2. The molecule has 0 aliphatic heterocycles. The van der Waals surface area contributed by atoms with Gasteiger partial charge >= 0.3 is 0 Å². The molecule has 106 valence electrons. The van der Waals surface area contributed by atoms with E-state index in [0.717, 1.165) is 12.6 Å². The predicted molar refractivity (Wildman–Crippen MR) is 68.0 cm³/mol. The third-order valence-electron chi connectivity index (χ3n) is 2.55. The van der Waals surface area contributed by atoms with Gasteiger partial charge in [-0.1, -0.05) is 24.3 Å². The van der Waals surface area contributed by atoms with E-state index in [1.807, 2.05) is 0 Å². The van der Waals surface area contributed by atoms with E-state index in [1.165, 1.54) is 0 Å². The molecule has 0 heterocycles. The molecule has 0 spiro atoms. The standard InChI is InChI=1S/C8H6O2.C5H12O4/c9-5-7-1-2-8(6-10)4-3-7;6-1-5(2-7,3-8)4-9/h1-6H;6-9H,1-4H2. The lowest BCUT2D eigenvalue weighted by Gasteiger charge is -2.23. The lowest BCUT2D eigenvalue weighted by Crippen LogP contribution is -2.37. The van der Waals surface area contributed by atoms with Crippen molar-refractivity contribution in [3.05, 3.63) is 35.4 Å². The molecule has 1 aromatic carbocycles. The van der Waals surface area contributed by atoms with Crippen molar-refractivity contribution in [3.63, 3.8) is 0 Å². The Kier molecular flexibility index (Phi) is 8.56. The molecule has 4 N–H and O–H groups in total. The Morgan fingerprint density at radius 1 is 0.737 bits per heavy atom. The van der Waals surface area contributed by atoms with Gasteiger partial charge in [0.1, 0.15) is 12.6 Å². The van der Waals surface area contributed by atoms with Crippen LogP contribution in [0.5, 0.6) is 0 Å². The highest BCUT2D eigenvalue weighted by atomic mass is 16.3. The molecule has 1 aromatic rings. The topological polar surface area (TPSA) is 115 Å². The van der Waals surface area contributed by atoms with E-state index in [-0.39, 0.29) is 0 Å². The van der Waals surface area contributed by atoms with Crippen molar-refractivity contribution < 1.29 is 30.0 Å². The third kappa shape index (κ3) is 5.71. The highest BCUT2D eigenvalue weighted by Crippen LogP contribution is 2.11. The molecule has 19 heavy (non-hydrogen) atoms. The summed E-state index contributed by atoms with van der Waals surface area (Å²) in [7, 11) is 0. The number of carbonyl (C=O) groups is 2. The molecule has 0 aliphatic rings. The number of carbonyl (C=O) groups excluding carboxylic acids is 2. The molecule has 0 atom stereocenters. The minimum absolute atomic E-state index is 0.406. The van der Waals surface area contributed by atoms with Crippen LogP contribution in [0, 0.1) is 5.41 Å². The number of aldehydes is 2. The zero-order valence-corrected chi connectivity index (χ0v) is 10.4. The summed E-state index contributed by atoms with van der Waals surface area (Å²) >= 11 is 0. The summed E-state index contributed by atoms with van der Waals surface area (Å²) in [6.45, 7) is -1.62. The van der Waals surface area contributed by atoms with E-state index in [9.17, 15) is 9.59 Å². The Hall–Kier alpha value is -1.60. The molecule has 0 aliphatic carbocycles. The number of aliphatic hydroxyl groups is 4. The van der Waals surface area contributed by atoms with Crippen LogP contribution in [0.1, 0.15) is 20.7 Å². The Morgan fingerprint density at radius 3 is 1.11 bits per heavy atom. The van der Waals surface area contributed by atoms with Gasteiger partial charge in [-0.3, -0.25) is 9.59 Å². The van der Waals surface area contributed by atoms with E-state index in [1.54, 1.807) is 24.3 Å². The molecule has 0 radical (unpaired) electrons. The maximum absolute atomic E-state index is 10.1. The predicted octanol–water partition coefficient (Wildman–Crippen LogP) is -0.746. The lowest BCUT2D eigenvalue weighted by atomic mass is 9.93. The average Bonchev–Trinajstić information content (AvgIpc) is 2.51. The van der Waals surface area contributed by atoms with Crippen molar-refractivity contribution >= 4 is 12.6 Å². The monoisotopic (exact) mass is 270 g/mol. The molecular weight excluding hydrogens is 252 g/mol. The van der Waals surface area contributed by atoms with Crippen LogP contribution in [0.3, 0.4) is 0 Å². The van der Waals surface area contributed by atoms with Gasteiger partial charge in [0, 0.05) is 11.1 Å². The summed E-state index contributed by atoms with van der Waals surface area (Å²) in [5.74, 6) is 0. The maximum Gasteiger partial charge on any atom is 0.150 e. The van der Waals surface area contributed by atoms with Crippen molar-refractivity contribution in [2.24, 2.45) is 5.41 Å². The van der Waals surface area contributed by atoms with Crippen LogP contribution in [0.4, 0.5) is 0 Å². The molecule has 0 saturated heterocycles. The normalized spacial score (nSPS) is 10.3. The SMILES string of the molecule is O=Cc1ccc(C=O)cc1.OCC(CO)(CO)CO. The minimum atomic E-state index is -1.11. The van der Waals surface area contributed by atoms with Crippen LogP contribution >= 0.6 is 0 Å². The molecule has 0 unspecified atom stereocenters. The van der Waals surface area contributed by atoms with Gasteiger partial charge in [-0.2, -0.15) is 0 Å². The highest BCUT2D eigenvalue weighted by molar-refractivity contribution is 5.79. The molecule has 0 fully saturated rings. The van der Waals surface area contributed by atoms with E-state index < -0.39 is 31.8 Å². The molecular formula is C13H18O6. The number of aliphatic hydroxyl groups excluding tert-OH is 4. The molecule has 0 aromatic heterocycles. The zero-order valence-electron chi connectivity index (χ0n) is 10.4. The second kappa shape index (κ2) is 9.35. The van der Waals surface area contributed by atoms with Crippen LogP contribution < -0.4 is 0 Å². The van der Waals surface area contributed by atoms with E-state index in [0.29, 0.717) is 11.1 Å². The lowest BCUT2D eigenvalue weighted by molar-refractivity contribution is -0.0328. The maximum atomic E-state index is 10.1. The average molecular weight is 270 g/mol. The van der Waals surface area contributed by atoms with Crippen LogP contribution in [-0.2, 0) is 0 Å². The van der Waals surface area contributed by atoms with Gasteiger partial charge in [0.15, 0.2) is 0 Å². The first-order valence-corrected chi connectivity index (χ1v) is 5.55. The summed E-state index contributed by atoms with van der Waals surface area (Å²) in [6.07, 6.45) is 1.49. The number of rotatable bonds is 6.